The molecule has 0 saturated carbocycles. The summed E-state index contributed by atoms with van der Waals surface area (Å²) in [6, 6.07) is 15.4. The van der Waals surface area contributed by atoms with E-state index < -0.39 is 0 Å². The molecule has 4 heteroatoms. The molecule has 0 N–H and O–H groups in total. The van der Waals surface area contributed by atoms with Gasteiger partial charge in [-0.3, -0.25) is 9.80 Å². The summed E-state index contributed by atoms with van der Waals surface area (Å²) < 4.78 is 0. The van der Waals surface area contributed by atoms with Gasteiger partial charge in [0.25, 0.3) is 0 Å². The molecule has 1 saturated heterocycles. The number of aliphatic imine (C=N–C) groups is 1. The second-order valence-electron chi connectivity index (χ2n) is 6.64. The minimum atomic E-state index is 0.973. The molecule has 0 aliphatic carbocycles. The lowest BCUT2D eigenvalue weighted by molar-refractivity contribution is 0.0989. The van der Waals surface area contributed by atoms with Crippen LogP contribution in [0.2, 0.25) is 0 Å². The average Bonchev–Trinajstić information content (AvgIpc) is 2.64. The second-order valence-corrected chi connectivity index (χ2v) is 6.64. The van der Waals surface area contributed by atoms with E-state index in [9.17, 15) is 0 Å². The molecule has 0 aromatic heterocycles. The Morgan fingerprint density at radius 3 is 2.46 bits per heavy atom. The minimum absolute atomic E-state index is 0.973. The van der Waals surface area contributed by atoms with Gasteiger partial charge in [-0.15, -0.1) is 0 Å². The predicted octanol–water partition coefficient (Wildman–Crippen LogP) is 2.77. The Morgan fingerprint density at radius 1 is 0.875 bits per heavy atom. The number of hydrogen-bond donors (Lipinski definition) is 0. The fourth-order valence-electron chi connectivity index (χ4n) is 3.46. The SMILES string of the molecule is C1=CN=CN(CN2CCN(Cc3ccc4ccccc4c3)CC2)C1. The van der Waals surface area contributed by atoms with E-state index in [2.05, 4.69) is 68.2 Å². The summed E-state index contributed by atoms with van der Waals surface area (Å²) in [7, 11) is 0. The minimum Gasteiger partial charge on any atom is -0.346 e. The summed E-state index contributed by atoms with van der Waals surface area (Å²) in [6.45, 7) is 7.52. The monoisotopic (exact) mass is 320 g/mol. The van der Waals surface area contributed by atoms with Crippen molar-refractivity contribution < 1.29 is 0 Å². The maximum absolute atomic E-state index is 4.20. The van der Waals surface area contributed by atoms with Crippen molar-refractivity contribution in [2.24, 2.45) is 4.99 Å². The zero-order valence-electron chi connectivity index (χ0n) is 14.0. The zero-order chi connectivity index (χ0) is 16.2. The Hall–Kier alpha value is -2.17. The van der Waals surface area contributed by atoms with Gasteiger partial charge in [-0.2, -0.15) is 0 Å². The van der Waals surface area contributed by atoms with Gasteiger partial charge in [0, 0.05) is 45.5 Å². The smallest absolute Gasteiger partial charge is 0.0918 e. The van der Waals surface area contributed by atoms with Crippen molar-refractivity contribution >= 4 is 17.1 Å². The molecule has 2 heterocycles. The summed E-state index contributed by atoms with van der Waals surface area (Å²) in [5, 5.41) is 2.66. The third-order valence-electron chi connectivity index (χ3n) is 4.83. The van der Waals surface area contributed by atoms with Crippen LogP contribution in [0.25, 0.3) is 10.8 Å². The number of rotatable bonds is 4. The molecule has 0 amide bonds. The molecule has 124 valence electrons. The number of hydrogen-bond acceptors (Lipinski definition) is 4. The summed E-state index contributed by atoms with van der Waals surface area (Å²) in [5.74, 6) is 0. The van der Waals surface area contributed by atoms with Crippen LogP contribution in [0.1, 0.15) is 5.56 Å². The Kier molecular flexibility index (Phi) is 4.58. The van der Waals surface area contributed by atoms with E-state index in [4.69, 9.17) is 0 Å². The maximum Gasteiger partial charge on any atom is 0.0918 e. The van der Waals surface area contributed by atoms with Gasteiger partial charge in [-0.05, 0) is 28.5 Å². The van der Waals surface area contributed by atoms with Gasteiger partial charge in [0.1, 0.15) is 0 Å². The maximum atomic E-state index is 4.20. The Balaban J connectivity index is 1.30. The van der Waals surface area contributed by atoms with Crippen LogP contribution in [-0.4, -0.2) is 60.4 Å². The molecule has 24 heavy (non-hydrogen) atoms. The molecule has 0 bridgehead atoms. The molecule has 2 aromatic carbocycles. The topological polar surface area (TPSA) is 22.1 Å². The molecule has 2 aliphatic heterocycles. The van der Waals surface area contributed by atoms with Crippen molar-refractivity contribution in [1.29, 1.82) is 0 Å². The first kappa shape index (κ1) is 15.4. The van der Waals surface area contributed by atoms with Crippen LogP contribution < -0.4 is 0 Å². The van der Waals surface area contributed by atoms with E-state index in [-0.39, 0.29) is 0 Å². The molecular formula is C20H24N4. The lowest BCUT2D eigenvalue weighted by atomic mass is 10.1. The highest BCUT2D eigenvalue weighted by Crippen LogP contribution is 2.17. The van der Waals surface area contributed by atoms with E-state index in [0.29, 0.717) is 0 Å². The second kappa shape index (κ2) is 7.16. The summed E-state index contributed by atoms with van der Waals surface area (Å²) in [4.78, 5) is 11.5. The van der Waals surface area contributed by atoms with Gasteiger partial charge >= 0.3 is 0 Å². The van der Waals surface area contributed by atoms with Crippen LogP contribution in [0.3, 0.4) is 0 Å². The van der Waals surface area contributed by atoms with Gasteiger partial charge in [0.2, 0.25) is 0 Å². The Bertz CT molecular complexity index is 744. The van der Waals surface area contributed by atoms with Crippen molar-refractivity contribution in [3.8, 4) is 0 Å². The fraction of sp³-hybridized carbons (Fsp3) is 0.350. The molecule has 0 radical (unpaired) electrons. The van der Waals surface area contributed by atoms with Crippen LogP contribution >= 0.6 is 0 Å². The molecule has 0 atom stereocenters. The average molecular weight is 320 g/mol. The highest BCUT2D eigenvalue weighted by Gasteiger charge is 2.18. The molecule has 4 nitrogen and oxygen atoms in total. The first-order valence-corrected chi connectivity index (χ1v) is 8.71. The Morgan fingerprint density at radius 2 is 1.67 bits per heavy atom. The molecule has 0 unspecified atom stereocenters. The summed E-state index contributed by atoms with van der Waals surface area (Å²) >= 11 is 0. The lowest BCUT2D eigenvalue weighted by Crippen LogP contribution is -2.49. The van der Waals surface area contributed by atoms with Crippen LogP contribution in [-0.2, 0) is 6.54 Å². The van der Waals surface area contributed by atoms with Crippen LogP contribution in [0.15, 0.2) is 59.7 Å². The van der Waals surface area contributed by atoms with Crippen molar-refractivity contribution in [2.45, 2.75) is 6.54 Å². The van der Waals surface area contributed by atoms with E-state index in [1.165, 1.54) is 16.3 Å². The third-order valence-corrected chi connectivity index (χ3v) is 4.83. The fourth-order valence-corrected chi connectivity index (χ4v) is 3.46. The highest BCUT2D eigenvalue weighted by atomic mass is 15.4. The van der Waals surface area contributed by atoms with E-state index >= 15 is 0 Å². The first-order chi connectivity index (χ1) is 11.9. The standard InChI is InChI=1S/C20H24N4/c1-2-5-20-14-18(6-7-19(20)4-1)15-22-10-12-23(13-11-22)17-24-9-3-8-21-16-24/h1-8,14,16H,9-13,15,17H2. The number of nitrogens with zero attached hydrogens (tertiary/aromatic N) is 4. The van der Waals surface area contributed by atoms with Crippen LogP contribution in [0.5, 0.6) is 0 Å². The van der Waals surface area contributed by atoms with Crippen molar-refractivity contribution in [3.05, 3.63) is 60.3 Å². The summed E-state index contributed by atoms with van der Waals surface area (Å²) in [5.41, 5.74) is 1.41. The van der Waals surface area contributed by atoms with E-state index in [0.717, 1.165) is 45.9 Å². The summed E-state index contributed by atoms with van der Waals surface area (Å²) in [6.07, 6.45) is 5.93. The Labute approximate surface area is 143 Å². The van der Waals surface area contributed by atoms with Crippen molar-refractivity contribution in [1.82, 2.24) is 14.7 Å². The molecule has 4 rings (SSSR count). The van der Waals surface area contributed by atoms with Gasteiger partial charge in [0.05, 0.1) is 13.0 Å². The first-order valence-electron chi connectivity index (χ1n) is 8.71. The van der Waals surface area contributed by atoms with E-state index in [1.54, 1.807) is 0 Å². The highest BCUT2D eigenvalue weighted by molar-refractivity contribution is 5.82. The zero-order valence-corrected chi connectivity index (χ0v) is 14.0. The van der Waals surface area contributed by atoms with Crippen molar-refractivity contribution in [2.75, 3.05) is 39.4 Å². The molecule has 2 aromatic rings. The molecule has 0 spiro atoms. The number of benzene rings is 2. The molecule has 2 aliphatic rings. The number of fused-ring (bicyclic) bond motifs is 1. The predicted molar refractivity (Wildman–Crippen MR) is 100 cm³/mol. The van der Waals surface area contributed by atoms with Gasteiger partial charge in [-0.25, -0.2) is 4.99 Å². The molecular weight excluding hydrogens is 296 g/mol. The number of piperazine rings is 1. The third kappa shape index (κ3) is 3.66. The van der Waals surface area contributed by atoms with Gasteiger partial charge < -0.3 is 4.90 Å². The van der Waals surface area contributed by atoms with E-state index in [1.807, 2.05) is 12.5 Å². The quantitative estimate of drug-likeness (QED) is 0.865. The lowest BCUT2D eigenvalue weighted by Gasteiger charge is -2.37. The van der Waals surface area contributed by atoms with Gasteiger partial charge in [0.15, 0.2) is 0 Å². The largest absolute Gasteiger partial charge is 0.346 e. The van der Waals surface area contributed by atoms with Gasteiger partial charge in [-0.1, -0.05) is 36.4 Å². The van der Waals surface area contributed by atoms with Crippen LogP contribution in [0, 0.1) is 0 Å². The van der Waals surface area contributed by atoms with Crippen LogP contribution in [0.4, 0.5) is 0 Å². The van der Waals surface area contributed by atoms with Crippen molar-refractivity contribution in [3.63, 3.8) is 0 Å². The molecule has 1 fully saturated rings. The normalized spacial score (nSPS) is 19.2.